The fourth-order valence-corrected chi connectivity index (χ4v) is 11.4. The number of rotatable bonds is 9. The monoisotopic (exact) mass is 920 g/mol. The van der Waals surface area contributed by atoms with E-state index >= 15 is 0 Å². The van der Waals surface area contributed by atoms with Crippen LogP contribution in [0, 0.1) is 0 Å². The van der Waals surface area contributed by atoms with Crippen LogP contribution in [0.3, 0.4) is 0 Å². The summed E-state index contributed by atoms with van der Waals surface area (Å²) in [5.74, 6) is 0. The van der Waals surface area contributed by atoms with Gasteiger partial charge in [-0.1, -0.05) is 158 Å². The molecular formula is C68H48N4. The smallest absolute Gasteiger partial charge is 0.0542 e. The quantitative estimate of drug-likeness (QED) is 0.143. The summed E-state index contributed by atoms with van der Waals surface area (Å²) in [6.45, 7) is 0. The Labute approximate surface area is 418 Å². The van der Waals surface area contributed by atoms with E-state index in [1.807, 2.05) is 0 Å². The molecule has 4 heteroatoms. The molecule has 0 saturated carbocycles. The number of para-hydroxylation sites is 3. The SMILES string of the molecule is C1=Cc2c(c3cc(N(c4ccc(-c5ccc(N(c6ccc7c(c6)c6ccccc6n7-c6ccccc6)c6cccc7ccccc67)cc5)cc4)c4cccc5ccccc45)ccc3n2-c2ccccc2)CC1. The van der Waals surface area contributed by atoms with Gasteiger partial charge in [0.2, 0.25) is 0 Å². The molecule has 11 aromatic carbocycles. The first-order valence-electron chi connectivity index (χ1n) is 25.0. The number of nitrogens with zero attached hydrogens (tertiary/aromatic N) is 4. The van der Waals surface area contributed by atoms with Crippen LogP contribution in [0.25, 0.3) is 82.8 Å². The van der Waals surface area contributed by atoms with Crippen LogP contribution in [0.15, 0.2) is 261 Å². The van der Waals surface area contributed by atoms with E-state index in [9.17, 15) is 0 Å². The zero-order valence-electron chi connectivity index (χ0n) is 39.6. The van der Waals surface area contributed by atoms with Crippen LogP contribution >= 0.6 is 0 Å². The number of aromatic nitrogens is 2. The Morgan fingerprint density at radius 2 is 0.764 bits per heavy atom. The Hall–Kier alpha value is -9.38. The number of anilines is 6. The summed E-state index contributed by atoms with van der Waals surface area (Å²) in [6, 6.07) is 93.1. The zero-order chi connectivity index (χ0) is 47.5. The molecule has 0 saturated heterocycles. The molecule has 14 rings (SSSR count). The molecule has 2 heterocycles. The number of hydrogen-bond acceptors (Lipinski definition) is 2. The van der Waals surface area contributed by atoms with E-state index in [0.29, 0.717) is 0 Å². The van der Waals surface area contributed by atoms with E-state index in [4.69, 9.17) is 0 Å². The van der Waals surface area contributed by atoms with Crippen molar-refractivity contribution in [2.24, 2.45) is 0 Å². The molecule has 72 heavy (non-hydrogen) atoms. The van der Waals surface area contributed by atoms with Crippen LogP contribution in [0.2, 0.25) is 0 Å². The van der Waals surface area contributed by atoms with Gasteiger partial charge in [0, 0.05) is 66.7 Å². The lowest BCUT2D eigenvalue weighted by atomic mass is 10.00. The molecule has 2 aromatic heterocycles. The molecule has 0 N–H and O–H groups in total. The summed E-state index contributed by atoms with van der Waals surface area (Å²) in [6.07, 6.45) is 6.68. The van der Waals surface area contributed by atoms with Gasteiger partial charge in [0.05, 0.1) is 27.9 Å². The fraction of sp³-hybridized carbons (Fsp3) is 0.0294. The number of benzene rings is 11. The van der Waals surface area contributed by atoms with Gasteiger partial charge >= 0.3 is 0 Å². The predicted octanol–water partition coefficient (Wildman–Crippen LogP) is 18.6. The van der Waals surface area contributed by atoms with Crippen molar-refractivity contribution >= 4 is 94.5 Å². The molecular weight excluding hydrogens is 873 g/mol. The molecule has 0 spiro atoms. The van der Waals surface area contributed by atoms with Crippen LogP contribution < -0.4 is 9.80 Å². The van der Waals surface area contributed by atoms with Gasteiger partial charge < -0.3 is 18.9 Å². The van der Waals surface area contributed by atoms with E-state index in [1.165, 1.54) is 71.2 Å². The average Bonchev–Trinajstić information content (AvgIpc) is 3.96. The Morgan fingerprint density at radius 3 is 1.35 bits per heavy atom. The Balaban J connectivity index is 0.866. The van der Waals surface area contributed by atoms with Crippen molar-refractivity contribution in [3.8, 4) is 22.5 Å². The first-order chi connectivity index (χ1) is 35.7. The van der Waals surface area contributed by atoms with Crippen molar-refractivity contribution < 1.29 is 0 Å². The minimum absolute atomic E-state index is 1.02. The largest absolute Gasteiger partial charge is 0.310 e. The van der Waals surface area contributed by atoms with Gasteiger partial charge in [-0.15, -0.1) is 0 Å². The van der Waals surface area contributed by atoms with Crippen molar-refractivity contribution in [2.75, 3.05) is 9.80 Å². The second-order valence-corrected chi connectivity index (χ2v) is 18.8. The van der Waals surface area contributed by atoms with E-state index in [0.717, 1.165) is 63.8 Å². The van der Waals surface area contributed by atoms with Crippen molar-refractivity contribution in [3.63, 3.8) is 0 Å². The Morgan fingerprint density at radius 1 is 0.319 bits per heavy atom. The van der Waals surface area contributed by atoms with Gasteiger partial charge in [-0.05, 0) is 150 Å². The summed E-state index contributed by atoms with van der Waals surface area (Å²) in [5, 5.41) is 8.58. The van der Waals surface area contributed by atoms with Crippen LogP contribution in [0.1, 0.15) is 17.7 Å². The third kappa shape index (κ3) is 6.91. The van der Waals surface area contributed by atoms with E-state index in [2.05, 4.69) is 286 Å². The predicted molar refractivity (Wildman–Crippen MR) is 305 cm³/mol. The number of fused-ring (bicyclic) bond motifs is 8. The normalized spacial score (nSPS) is 12.3. The lowest BCUT2D eigenvalue weighted by molar-refractivity contribution is 0.967. The number of hydrogen-bond donors (Lipinski definition) is 0. The fourth-order valence-electron chi connectivity index (χ4n) is 11.4. The molecule has 0 unspecified atom stereocenters. The molecule has 0 amide bonds. The van der Waals surface area contributed by atoms with Crippen molar-refractivity contribution in [1.82, 2.24) is 9.13 Å². The number of allylic oxidation sites excluding steroid dienone is 1. The van der Waals surface area contributed by atoms with E-state index in [1.54, 1.807) is 0 Å². The van der Waals surface area contributed by atoms with Crippen LogP contribution in [0.4, 0.5) is 34.1 Å². The Kier molecular flexibility index (Phi) is 9.95. The third-order valence-electron chi connectivity index (χ3n) is 14.7. The summed E-state index contributed by atoms with van der Waals surface area (Å²) in [5.41, 5.74) is 17.7. The van der Waals surface area contributed by atoms with Crippen LogP contribution in [-0.4, -0.2) is 9.13 Å². The number of aryl methyl sites for hydroxylation is 1. The van der Waals surface area contributed by atoms with Crippen LogP contribution in [0.5, 0.6) is 0 Å². The second kappa shape index (κ2) is 17.2. The molecule has 340 valence electrons. The van der Waals surface area contributed by atoms with E-state index < -0.39 is 0 Å². The second-order valence-electron chi connectivity index (χ2n) is 18.8. The van der Waals surface area contributed by atoms with Gasteiger partial charge in [0.15, 0.2) is 0 Å². The maximum absolute atomic E-state index is 2.44. The maximum atomic E-state index is 2.44. The molecule has 4 nitrogen and oxygen atoms in total. The standard InChI is InChI=1S/C68H48N4/c1-3-21-51(22-4-1)71-65-29-13-11-27-59(65)61-45-55(41-43-67(61)71)69(63-31-15-19-49-17-7-9-25-57(49)63)53-37-33-47(34-38-53)48-35-39-54(40-36-48)70(64-32-16-20-50-18-8-10-26-58(50)64)56-42-44-68-62(46-56)60-28-12-14-30-66(60)72(68)52-23-5-2-6-24-52/h1-11,13-27,29-46H,12,28H2. The summed E-state index contributed by atoms with van der Waals surface area (Å²) < 4.78 is 4.81. The third-order valence-corrected chi connectivity index (χ3v) is 14.7. The van der Waals surface area contributed by atoms with Gasteiger partial charge in [0.1, 0.15) is 0 Å². The molecule has 1 aliphatic carbocycles. The minimum atomic E-state index is 1.02. The lowest BCUT2D eigenvalue weighted by Crippen LogP contribution is -2.11. The highest BCUT2D eigenvalue weighted by Gasteiger charge is 2.23. The summed E-state index contributed by atoms with van der Waals surface area (Å²) >= 11 is 0. The molecule has 0 bridgehead atoms. The van der Waals surface area contributed by atoms with Crippen LogP contribution in [-0.2, 0) is 6.42 Å². The zero-order valence-corrected chi connectivity index (χ0v) is 39.6. The van der Waals surface area contributed by atoms with Gasteiger partial charge in [-0.25, -0.2) is 0 Å². The van der Waals surface area contributed by atoms with Crippen molar-refractivity contribution in [3.05, 3.63) is 272 Å². The molecule has 13 aromatic rings. The highest BCUT2D eigenvalue weighted by molar-refractivity contribution is 6.11. The Bertz CT molecular complexity index is 4190. The summed E-state index contributed by atoms with van der Waals surface area (Å²) in [7, 11) is 0. The molecule has 1 aliphatic rings. The molecule has 0 fully saturated rings. The molecule has 0 atom stereocenters. The minimum Gasteiger partial charge on any atom is -0.310 e. The lowest BCUT2D eigenvalue weighted by Gasteiger charge is -2.28. The topological polar surface area (TPSA) is 16.3 Å². The first kappa shape index (κ1) is 41.6. The van der Waals surface area contributed by atoms with Gasteiger partial charge in [-0.2, -0.15) is 0 Å². The van der Waals surface area contributed by atoms with Gasteiger partial charge in [0.25, 0.3) is 0 Å². The average molecular weight is 921 g/mol. The highest BCUT2D eigenvalue weighted by atomic mass is 15.2. The molecule has 0 aliphatic heterocycles. The molecule has 0 radical (unpaired) electrons. The highest BCUT2D eigenvalue weighted by Crippen LogP contribution is 2.45. The first-order valence-corrected chi connectivity index (χ1v) is 25.0. The maximum Gasteiger partial charge on any atom is 0.0542 e. The summed E-state index contributed by atoms with van der Waals surface area (Å²) in [4.78, 5) is 4.86. The van der Waals surface area contributed by atoms with E-state index in [-0.39, 0.29) is 0 Å². The van der Waals surface area contributed by atoms with Crippen molar-refractivity contribution in [1.29, 1.82) is 0 Å². The van der Waals surface area contributed by atoms with Gasteiger partial charge in [-0.3, -0.25) is 0 Å². The van der Waals surface area contributed by atoms with Crippen molar-refractivity contribution in [2.45, 2.75) is 12.8 Å².